The molecule has 0 bridgehead atoms. The topological polar surface area (TPSA) is 42.4 Å². The van der Waals surface area contributed by atoms with Gasteiger partial charge in [0.2, 0.25) is 0 Å². The van der Waals surface area contributed by atoms with Crippen LogP contribution in [-0.4, -0.2) is 30.6 Å². The number of rotatable bonds is 3. The number of carbonyl (C=O) groups is 1. The molecule has 0 unspecified atom stereocenters. The first kappa shape index (κ1) is 14.7. The molecule has 0 amide bonds. The van der Waals surface area contributed by atoms with Crippen LogP contribution in [0, 0.1) is 11.6 Å². The van der Waals surface area contributed by atoms with Gasteiger partial charge in [0.15, 0.2) is 11.6 Å². The SMILES string of the molecule is CCOC(=O)c1cnc2cc(F)c(F)cc2c1N1CCCC1. The zero-order valence-electron chi connectivity index (χ0n) is 12.2. The van der Waals surface area contributed by atoms with Crippen molar-refractivity contribution in [1.29, 1.82) is 0 Å². The maximum absolute atomic E-state index is 13.7. The lowest BCUT2D eigenvalue weighted by atomic mass is 10.1. The van der Waals surface area contributed by atoms with Crippen LogP contribution in [0.4, 0.5) is 14.5 Å². The van der Waals surface area contributed by atoms with Crippen molar-refractivity contribution in [3.05, 3.63) is 35.5 Å². The van der Waals surface area contributed by atoms with E-state index in [1.54, 1.807) is 6.92 Å². The molecule has 0 N–H and O–H groups in total. The van der Waals surface area contributed by atoms with E-state index in [9.17, 15) is 13.6 Å². The normalized spacial score (nSPS) is 14.6. The van der Waals surface area contributed by atoms with Crippen LogP contribution in [0.5, 0.6) is 0 Å². The first-order valence-corrected chi connectivity index (χ1v) is 7.31. The maximum Gasteiger partial charge on any atom is 0.341 e. The van der Waals surface area contributed by atoms with Gasteiger partial charge in [-0.3, -0.25) is 4.98 Å². The minimum absolute atomic E-state index is 0.244. The summed E-state index contributed by atoms with van der Waals surface area (Å²) in [6.07, 6.45) is 3.37. The maximum atomic E-state index is 13.7. The third kappa shape index (κ3) is 2.49. The fourth-order valence-electron chi connectivity index (χ4n) is 2.81. The van der Waals surface area contributed by atoms with Crippen LogP contribution in [0.25, 0.3) is 10.9 Å². The summed E-state index contributed by atoms with van der Waals surface area (Å²) in [5.74, 6) is -2.39. The van der Waals surface area contributed by atoms with Crippen molar-refractivity contribution in [2.24, 2.45) is 0 Å². The molecule has 0 saturated carbocycles. The highest BCUT2D eigenvalue weighted by Crippen LogP contribution is 2.33. The van der Waals surface area contributed by atoms with E-state index < -0.39 is 17.6 Å². The fraction of sp³-hybridized carbons (Fsp3) is 0.375. The van der Waals surface area contributed by atoms with Gasteiger partial charge in [-0.2, -0.15) is 0 Å². The minimum atomic E-state index is -0.948. The minimum Gasteiger partial charge on any atom is -0.462 e. The second-order valence-corrected chi connectivity index (χ2v) is 5.22. The molecule has 1 aromatic heterocycles. The van der Waals surface area contributed by atoms with Crippen LogP contribution in [0.15, 0.2) is 18.3 Å². The molecule has 1 aliphatic rings. The molecule has 22 heavy (non-hydrogen) atoms. The number of esters is 1. The third-order valence-corrected chi connectivity index (χ3v) is 3.80. The molecule has 4 nitrogen and oxygen atoms in total. The van der Waals surface area contributed by atoms with Crippen molar-refractivity contribution in [3.63, 3.8) is 0 Å². The highest BCUT2D eigenvalue weighted by Gasteiger charge is 2.24. The van der Waals surface area contributed by atoms with Gasteiger partial charge in [-0.05, 0) is 25.8 Å². The van der Waals surface area contributed by atoms with E-state index in [2.05, 4.69) is 4.98 Å². The van der Waals surface area contributed by atoms with Gasteiger partial charge in [0.05, 0.1) is 17.8 Å². The molecule has 3 rings (SSSR count). The number of aromatic nitrogens is 1. The predicted octanol–water partition coefficient (Wildman–Crippen LogP) is 3.29. The van der Waals surface area contributed by atoms with Gasteiger partial charge >= 0.3 is 5.97 Å². The van der Waals surface area contributed by atoms with Gasteiger partial charge in [0.25, 0.3) is 0 Å². The molecule has 1 saturated heterocycles. The van der Waals surface area contributed by atoms with E-state index in [-0.39, 0.29) is 6.61 Å². The van der Waals surface area contributed by atoms with Crippen LogP contribution in [0.3, 0.4) is 0 Å². The van der Waals surface area contributed by atoms with Gasteiger partial charge in [0, 0.05) is 30.7 Å². The van der Waals surface area contributed by atoms with Gasteiger partial charge in [-0.25, -0.2) is 13.6 Å². The molecule has 1 fully saturated rings. The van der Waals surface area contributed by atoms with E-state index in [1.807, 2.05) is 4.90 Å². The van der Waals surface area contributed by atoms with E-state index in [1.165, 1.54) is 6.20 Å². The molecule has 0 aliphatic carbocycles. The van der Waals surface area contributed by atoms with Crippen molar-refractivity contribution < 1.29 is 18.3 Å². The van der Waals surface area contributed by atoms with Crippen molar-refractivity contribution in [2.45, 2.75) is 19.8 Å². The molecular weight excluding hydrogens is 290 g/mol. The first-order chi connectivity index (χ1) is 10.6. The third-order valence-electron chi connectivity index (χ3n) is 3.80. The Morgan fingerprint density at radius 3 is 2.64 bits per heavy atom. The molecule has 1 aromatic carbocycles. The Balaban J connectivity index is 2.24. The summed E-state index contributed by atoms with van der Waals surface area (Å²) in [6.45, 7) is 3.50. The number of hydrogen-bond acceptors (Lipinski definition) is 4. The van der Waals surface area contributed by atoms with Gasteiger partial charge in [-0.1, -0.05) is 0 Å². The number of hydrogen-bond donors (Lipinski definition) is 0. The van der Waals surface area contributed by atoms with Crippen LogP contribution >= 0.6 is 0 Å². The number of fused-ring (bicyclic) bond motifs is 1. The zero-order valence-corrected chi connectivity index (χ0v) is 12.2. The number of nitrogens with zero attached hydrogens (tertiary/aromatic N) is 2. The Bertz CT molecular complexity index is 728. The van der Waals surface area contributed by atoms with Gasteiger partial charge in [0.1, 0.15) is 5.56 Å². The lowest BCUT2D eigenvalue weighted by Crippen LogP contribution is -2.22. The molecular formula is C16H16F2N2O2. The lowest BCUT2D eigenvalue weighted by Gasteiger charge is -2.22. The van der Waals surface area contributed by atoms with Crippen molar-refractivity contribution in [3.8, 4) is 0 Å². The Labute approximate surface area is 126 Å². The Kier molecular flexibility index (Phi) is 3.92. The molecule has 6 heteroatoms. The summed E-state index contributed by atoms with van der Waals surface area (Å²) < 4.78 is 32.1. The molecule has 116 valence electrons. The van der Waals surface area contributed by atoms with Crippen LogP contribution in [0.1, 0.15) is 30.1 Å². The molecule has 0 spiro atoms. The number of ether oxygens (including phenoxy) is 1. The Hall–Kier alpha value is -2.24. The largest absolute Gasteiger partial charge is 0.462 e. The average Bonchev–Trinajstić information content (AvgIpc) is 3.01. The number of pyridine rings is 1. The van der Waals surface area contributed by atoms with Crippen LogP contribution in [0.2, 0.25) is 0 Å². The zero-order chi connectivity index (χ0) is 15.7. The second kappa shape index (κ2) is 5.87. The number of halogens is 2. The van der Waals surface area contributed by atoms with Crippen LogP contribution < -0.4 is 4.90 Å². The van der Waals surface area contributed by atoms with E-state index in [0.717, 1.165) is 38.1 Å². The lowest BCUT2D eigenvalue weighted by molar-refractivity contribution is 0.0527. The summed E-state index contributed by atoms with van der Waals surface area (Å²) in [4.78, 5) is 18.3. The number of carbonyl (C=O) groups excluding carboxylic acids is 1. The summed E-state index contributed by atoms with van der Waals surface area (Å²) >= 11 is 0. The summed E-state index contributed by atoms with van der Waals surface area (Å²) in [5.41, 5.74) is 1.20. The number of anilines is 1. The monoisotopic (exact) mass is 306 g/mol. The summed E-state index contributed by atoms with van der Waals surface area (Å²) in [5, 5.41) is 0.436. The van der Waals surface area contributed by atoms with Gasteiger partial charge in [-0.15, -0.1) is 0 Å². The average molecular weight is 306 g/mol. The van der Waals surface area contributed by atoms with Gasteiger partial charge < -0.3 is 9.64 Å². The Morgan fingerprint density at radius 1 is 1.27 bits per heavy atom. The molecule has 1 aliphatic heterocycles. The first-order valence-electron chi connectivity index (χ1n) is 7.31. The quantitative estimate of drug-likeness (QED) is 0.816. The van der Waals surface area contributed by atoms with E-state index >= 15 is 0 Å². The molecule has 0 atom stereocenters. The van der Waals surface area contributed by atoms with Crippen molar-refractivity contribution in [2.75, 3.05) is 24.6 Å². The van der Waals surface area contributed by atoms with Crippen LogP contribution in [-0.2, 0) is 4.74 Å². The second-order valence-electron chi connectivity index (χ2n) is 5.22. The molecule has 2 heterocycles. The van der Waals surface area contributed by atoms with Crippen molar-refractivity contribution in [1.82, 2.24) is 4.98 Å². The van der Waals surface area contributed by atoms with Crippen molar-refractivity contribution >= 4 is 22.6 Å². The summed E-state index contributed by atoms with van der Waals surface area (Å²) in [7, 11) is 0. The number of benzene rings is 1. The predicted molar refractivity (Wildman–Crippen MR) is 79.1 cm³/mol. The molecule has 2 aromatic rings. The highest BCUT2D eigenvalue weighted by atomic mass is 19.2. The highest BCUT2D eigenvalue weighted by molar-refractivity contribution is 6.05. The smallest absolute Gasteiger partial charge is 0.341 e. The van der Waals surface area contributed by atoms with E-state index in [0.29, 0.717) is 22.2 Å². The molecule has 0 radical (unpaired) electrons. The fourth-order valence-corrected chi connectivity index (χ4v) is 2.81. The standard InChI is InChI=1S/C16H16F2N2O2/c1-2-22-16(21)11-9-19-14-8-13(18)12(17)7-10(14)15(11)20-5-3-4-6-20/h7-9H,2-6H2,1H3. The summed E-state index contributed by atoms with van der Waals surface area (Å²) in [6, 6.07) is 2.16. The van der Waals surface area contributed by atoms with E-state index in [4.69, 9.17) is 4.74 Å². The Morgan fingerprint density at radius 2 is 1.95 bits per heavy atom.